The van der Waals surface area contributed by atoms with Crippen molar-refractivity contribution in [3.63, 3.8) is 0 Å². The van der Waals surface area contributed by atoms with E-state index >= 15 is 0 Å². The molecule has 0 unspecified atom stereocenters. The molecule has 4 rings (SSSR count). The highest BCUT2D eigenvalue weighted by atomic mass is 79.9. The molecule has 38 heavy (non-hydrogen) atoms. The van der Waals surface area contributed by atoms with E-state index in [9.17, 15) is 19.7 Å². The maximum Gasteiger partial charge on any atom is 0.293 e. The highest BCUT2D eigenvalue weighted by Crippen LogP contribution is 2.40. The molecule has 0 bridgehead atoms. The van der Waals surface area contributed by atoms with Gasteiger partial charge in [0.2, 0.25) is 0 Å². The van der Waals surface area contributed by atoms with E-state index in [4.69, 9.17) is 32.7 Å². The predicted octanol–water partition coefficient (Wildman–Crippen LogP) is 7.88. The Balaban J connectivity index is 1.57. The molecular formula is C26H19BrCl2N2O6S. The molecule has 3 aromatic rings. The number of thioether (sulfide) groups is 1. The van der Waals surface area contributed by atoms with Crippen LogP contribution in [0.4, 0.5) is 10.5 Å². The maximum absolute atomic E-state index is 13.0. The number of ether oxygens (including phenoxy) is 2. The number of carbonyl (C=O) groups excluding carboxylic acids is 2. The molecule has 12 heteroatoms. The Morgan fingerprint density at radius 2 is 1.84 bits per heavy atom. The van der Waals surface area contributed by atoms with Gasteiger partial charge in [0.1, 0.15) is 6.61 Å². The van der Waals surface area contributed by atoms with Crippen LogP contribution in [0.5, 0.6) is 11.5 Å². The van der Waals surface area contributed by atoms with Crippen LogP contribution in [0.2, 0.25) is 10.0 Å². The molecule has 1 heterocycles. The van der Waals surface area contributed by atoms with Gasteiger partial charge in [-0.3, -0.25) is 24.6 Å². The monoisotopic (exact) mass is 636 g/mol. The van der Waals surface area contributed by atoms with Crippen LogP contribution in [-0.2, 0) is 17.9 Å². The largest absolute Gasteiger partial charge is 0.490 e. The van der Waals surface area contributed by atoms with Crippen molar-refractivity contribution in [3.05, 3.63) is 101 Å². The number of benzene rings is 3. The fourth-order valence-corrected chi connectivity index (χ4v) is 5.52. The minimum atomic E-state index is -0.540. The zero-order valence-corrected chi connectivity index (χ0v) is 23.7. The number of nitro benzene ring substituents is 1. The second-order valence-electron chi connectivity index (χ2n) is 7.94. The molecule has 0 aromatic heterocycles. The first-order valence-corrected chi connectivity index (χ1v) is 13.5. The van der Waals surface area contributed by atoms with E-state index in [0.717, 1.165) is 22.2 Å². The number of hydrogen-bond acceptors (Lipinski definition) is 7. The van der Waals surface area contributed by atoms with Crippen LogP contribution in [0.25, 0.3) is 6.08 Å². The summed E-state index contributed by atoms with van der Waals surface area (Å²) < 4.78 is 12.3. The smallest absolute Gasteiger partial charge is 0.293 e. The van der Waals surface area contributed by atoms with Crippen molar-refractivity contribution < 1.29 is 24.0 Å². The summed E-state index contributed by atoms with van der Waals surface area (Å²) in [6.07, 6.45) is 1.57. The van der Waals surface area contributed by atoms with Crippen molar-refractivity contribution in [2.24, 2.45) is 0 Å². The standard InChI is InChI=1S/C26H19BrCl2N2O6S/c1-2-36-22-10-15(9-19(27)24(22)37-14-17-7-8-18(28)12-20(17)29)11-23-25(32)30(26(33)38-23)13-16-5-3-4-6-21(16)31(34)35/h3-12H,2,13-14H2,1H3/b23-11-. The van der Waals surface area contributed by atoms with E-state index in [1.807, 2.05) is 6.92 Å². The van der Waals surface area contributed by atoms with Crippen LogP contribution in [0.3, 0.4) is 0 Å². The van der Waals surface area contributed by atoms with Gasteiger partial charge in [-0.05, 0) is 70.5 Å². The minimum absolute atomic E-state index is 0.156. The normalized spacial score (nSPS) is 14.3. The van der Waals surface area contributed by atoms with Crippen LogP contribution in [-0.4, -0.2) is 27.6 Å². The Morgan fingerprint density at radius 3 is 2.55 bits per heavy atom. The van der Waals surface area contributed by atoms with Gasteiger partial charge in [0.25, 0.3) is 16.8 Å². The summed E-state index contributed by atoms with van der Waals surface area (Å²) in [5.74, 6) is 0.335. The summed E-state index contributed by atoms with van der Waals surface area (Å²) in [4.78, 5) is 37.6. The van der Waals surface area contributed by atoms with Crippen molar-refractivity contribution in [3.8, 4) is 11.5 Å². The molecule has 1 aliphatic rings. The number of rotatable bonds is 9. The first-order chi connectivity index (χ1) is 18.2. The molecule has 196 valence electrons. The summed E-state index contributed by atoms with van der Waals surface area (Å²) in [6.45, 7) is 2.15. The van der Waals surface area contributed by atoms with Crippen LogP contribution >= 0.6 is 50.9 Å². The molecule has 0 aliphatic carbocycles. The van der Waals surface area contributed by atoms with E-state index in [-0.39, 0.29) is 29.3 Å². The Kier molecular flexibility index (Phi) is 8.99. The molecule has 3 aromatic carbocycles. The van der Waals surface area contributed by atoms with Crippen LogP contribution in [0.15, 0.2) is 64.0 Å². The third-order valence-electron chi connectivity index (χ3n) is 5.41. The Hall–Kier alpha value is -3.05. The number of halogens is 3. The fraction of sp³-hybridized carbons (Fsp3) is 0.154. The summed E-state index contributed by atoms with van der Waals surface area (Å²) in [7, 11) is 0. The van der Waals surface area contributed by atoms with Crippen molar-refractivity contribution in [2.45, 2.75) is 20.1 Å². The van der Waals surface area contributed by atoms with Gasteiger partial charge in [0.05, 0.1) is 27.5 Å². The minimum Gasteiger partial charge on any atom is -0.490 e. The SMILES string of the molecule is CCOc1cc(/C=C2\SC(=O)N(Cc3ccccc3[N+](=O)[O-])C2=O)cc(Br)c1OCc1ccc(Cl)cc1Cl. The lowest BCUT2D eigenvalue weighted by Gasteiger charge is -2.15. The fourth-order valence-electron chi connectivity index (χ4n) is 3.64. The highest BCUT2D eigenvalue weighted by molar-refractivity contribution is 9.10. The summed E-state index contributed by atoms with van der Waals surface area (Å²) in [5, 5.41) is 11.8. The van der Waals surface area contributed by atoms with E-state index in [1.165, 1.54) is 18.2 Å². The van der Waals surface area contributed by atoms with Crippen molar-refractivity contribution in [1.82, 2.24) is 4.90 Å². The third kappa shape index (κ3) is 6.32. The summed E-state index contributed by atoms with van der Waals surface area (Å²) in [5.41, 5.74) is 1.44. The molecule has 0 N–H and O–H groups in total. The lowest BCUT2D eigenvalue weighted by atomic mass is 10.1. The number of nitro groups is 1. The molecule has 8 nitrogen and oxygen atoms in total. The van der Waals surface area contributed by atoms with Gasteiger partial charge < -0.3 is 9.47 Å². The second-order valence-corrected chi connectivity index (χ2v) is 10.6. The highest BCUT2D eigenvalue weighted by Gasteiger charge is 2.36. The third-order valence-corrected chi connectivity index (χ3v) is 7.49. The Bertz CT molecular complexity index is 1470. The van der Waals surface area contributed by atoms with E-state index < -0.39 is 16.1 Å². The van der Waals surface area contributed by atoms with E-state index in [2.05, 4.69) is 15.9 Å². The lowest BCUT2D eigenvalue weighted by molar-refractivity contribution is -0.385. The van der Waals surface area contributed by atoms with Crippen molar-refractivity contribution >= 4 is 73.8 Å². The number of para-hydroxylation sites is 1. The van der Waals surface area contributed by atoms with Gasteiger partial charge in [-0.25, -0.2) is 0 Å². The molecule has 2 amide bonds. The topological polar surface area (TPSA) is 99.0 Å². The molecule has 1 saturated heterocycles. The molecular weight excluding hydrogens is 619 g/mol. The van der Waals surface area contributed by atoms with Crippen LogP contribution in [0.1, 0.15) is 23.6 Å². The molecule has 0 radical (unpaired) electrons. The van der Waals surface area contributed by atoms with Crippen molar-refractivity contribution in [2.75, 3.05) is 6.61 Å². The van der Waals surface area contributed by atoms with E-state index in [1.54, 1.807) is 42.5 Å². The van der Waals surface area contributed by atoms with E-state index in [0.29, 0.717) is 38.2 Å². The summed E-state index contributed by atoms with van der Waals surface area (Å²) >= 11 is 16.5. The molecule has 1 fully saturated rings. The van der Waals surface area contributed by atoms with Gasteiger partial charge in [-0.1, -0.05) is 47.5 Å². The quantitative estimate of drug-likeness (QED) is 0.134. The van der Waals surface area contributed by atoms with Gasteiger partial charge in [-0.15, -0.1) is 0 Å². The molecule has 0 saturated carbocycles. The number of amides is 2. The average molecular weight is 638 g/mol. The number of imide groups is 1. The predicted molar refractivity (Wildman–Crippen MR) is 151 cm³/mol. The van der Waals surface area contributed by atoms with Crippen LogP contribution < -0.4 is 9.47 Å². The Labute approximate surface area is 240 Å². The Morgan fingerprint density at radius 1 is 1.08 bits per heavy atom. The lowest BCUT2D eigenvalue weighted by Crippen LogP contribution is -2.27. The molecule has 1 aliphatic heterocycles. The number of hydrogen-bond donors (Lipinski definition) is 0. The van der Waals surface area contributed by atoms with Gasteiger partial charge in [0, 0.05) is 27.2 Å². The second kappa shape index (κ2) is 12.2. The number of nitrogens with zero attached hydrogens (tertiary/aromatic N) is 2. The maximum atomic E-state index is 13.0. The number of carbonyl (C=O) groups is 2. The van der Waals surface area contributed by atoms with Crippen molar-refractivity contribution in [1.29, 1.82) is 0 Å². The zero-order valence-electron chi connectivity index (χ0n) is 19.8. The van der Waals surface area contributed by atoms with Gasteiger partial charge >= 0.3 is 0 Å². The van der Waals surface area contributed by atoms with Crippen LogP contribution in [0, 0.1) is 10.1 Å². The first-order valence-electron chi connectivity index (χ1n) is 11.2. The summed E-state index contributed by atoms with van der Waals surface area (Å²) in [6, 6.07) is 14.6. The zero-order chi connectivity index (χ0) is 27.4. The first kappa shape index (κ1) is 28.0. The average Bonchev–Trinajstić information content (AvgIpc) is 3.12. The molecule has 0 atom stereocenters. The molecule has 0 spiro atoms. The van der Waals surface area contributed by atoms with Gasteiger partial charge in [-0.2, -0.15) is 0 Å². The van der Waals surface area contributed by atoms with Gasteiger partial charge in [0.15, 0.2) is 11.5 Å².